The van der Waals surface area contributed by atoms with Crippen molar-refractivity contribution in [2.45, 2.75) is 52.0 Å². The second-order valence-corrected chi connectivity index (χ2v) is 7.77. The molecule has 0 saturated heterocycles. The Bertz CT molecular complexity index is 885. The van der Waals surface area contributed by atoms with Crippen LogP contribution in [-0.2, 0) is 0 Å². The molecule has 0 aliphatic heterocycles. The third kappa shape index (κ3) is 5.30. The molecule has 1 aromatic heterocycles. The second kappa shape index (κ2) is 9.51. The largest absolute Gasteiger partial charge is 0.348 e. The van der Waals surface area contributed by atoms with Crippen LogP contribution in [-0.4, -0.2) is 16.9 Å². The fourth-order valence-electron chi connectivity index (χ4n) is 3.13. The molecule has 4 nitrogen and oxygen atoms in total. The zero-order valence-electron chi connectivity index (χ0n) is 16.0. The SMILES string of the molecule is CCCCCCC(C)NC(=O)c1csc(Nc2cccc3ccccc23)n1. The first-order valence-corrected chi connectivity index (χ1v) is 10.6. The summed E-state index contributed by atoms with van der Waals surface area (Å²) < 4.78 is 0. The monoisotopic (exact) mass is 381 g/mol. The van der Waals surface area contributed by atoms with Gasteiger partial charge in [0.05, 0.1) is 0 Å². The Morgan fingerprint density at radius 1 is 1.11 bits per heavy atom. The number of anilines is 2. The van der Waals surface area contributed by atoms with E-state index in [2.05, 4.69) is 47.7 Å². The van der Waals surface area contributed by atoms with Crippen LogP contribution in [0.2, 0.25) is 0 Å². The van der Waals surface area contributed by atoms with Gasteiger partial charge < -0.3 is 10.6 Å². The van der Waals surface area contributed by atoms with Gasteiger partial charge in [-0.1, -0.05) is 69.0 Å². The van der Waals surface area contributed by atoms with Gasteiger partial charge in [0.2, 0.25) is 0 Å². The highest BCUT2D eigenvalue weighted by atomic mass is 32.1. The number of benzene rings is 2. The van der Waals surface area contributed by atoms with Crippen LogP contribution >= 0.6 is 11.3 Å². The smallest absolute Gasteiger partial charge is 0.271 e. The molecule has 0 bridgehead atoms. The normalized spacial score (nSPS) is 12.1. The molecule has 0 radical (unpaired) electrons. The van der Waals surface area contributed by atoms with Crippen molar-refractivity contribution >= 4 is 38.8 Å². The maximum atomic E-state index is 12.4. The van der Waals surface area contributed by atoms with Gasteiger partial charge >= 0.3 is 0 Å². The average Bonchev–Trinajstić information content (AvgIpc) is 3.14. The number of unbranched alkanes of at least 4 members (excludes halogenated alkanes) is 3. The lowest BCUT2D eigenvalue weighted by Crippen LogP contribution is -2.32. The van der Waals surface area contributed by atoms with Crippen LogP contribution < -0.4 is 10.6 Å². The minimum Gasteiger partial charge on any atom is -0.348 e. The Hall–Kier alpha value is -2.40. The molecule has 3 rings (SSSR count). The number of carbonyl (C=O) groups excluding carboxylic acids is 1. The van der Waals surface area contributed by atoms with E-state index < -0.39 is 0 Å². The van der Waals surface area contributed by atoms with Crippen molar-refractivity contribution in [3.8, 4) is 0 Å². The van der Waals surface area contributed by atoms with Gasteiger partial charge in [0.15, 0.2) is 5.13 Å². The number of thiazole rings is 1. The molecular weight excluding hydrogens is 354 g/mol. The third-order valence-electron chi connectivity index (χ3n) is 4.64. The van der Waals surface area contributed by atoms with E-state index in [0.717, 1.165) is 29.0 Å². The molecule has 1 amide bonds. The lowest BCUT2D eigenvalue weighted by atomic mass is 10.1. The van der Waals surface area contributed by atoms with Crippen LogP contribution in [0.15, 0.2) is 47.8 Å². The van der Waals surface area contributed by atoms with Crippen molar-refractivity contribution in [1.29, 1.82) is 0 Å². The van der Waals surface area contributed by atoms with Gasteiger partial charge in [0.25, 0.3) is 5.91 Å². The topological polar surface area (TPSA) is 54.0 Å². The number of amides is 1. The summed E-state index contributed by atoms with van der Waals surface area (Å²) >= 11 is 1.45. The summed E-state index contributed by atoms with van der Waals surface area (Å²) in [5, 5.41) is 11.3. The lowest BCUT2D eigenvalue weighted by Gasteiger charge is -2.12. The van der Waals surface area contributed by atoms with Gasteiger partial charge in [-0.2, -0.15) is 0 Å². The fraction of sp³-hybridized carbons (Fsp3) is 0.364. The van der Waals surface area contributed by atoms with E-state index in [1.54, 1.807) is 0 Å². The fourth-order valence-corrected chi connectivity index (χ4v) is 3.84. The summed E-state index contributed by atoms with van der Waals surface area (Å²) in [6.45, 7) is 4.27. The van der Waals surface area contributed by atoms with Crippen LogP contribution in [0, 0.1) is 0 Å². The zero-order valence-corrected chi connectivity index (χ0v) is 16.8. The Morgan fingerprint density at radius 3 is 2.78 bits per heavy atom. The Balaban J connectivity index is 1.60. The minimum atomic E-state index is -0.0970. The highest BCUT2D eigenvalue weighted by Crippen LogP contribution is 2.27. The first-order chi connectivity index (χ1) is 13.2. The summed E-state index contributed by atoms with van der Waals surface area (Å²) in [5.41, 5.74) is 1.47. The quantitative estimate of drug-likeness (QED) is 0.438. The third-order valence-corrected chi connectivity index (χ3v) is 5.39. The van der Waals surface area contributed by atoms with E-state index in [0.29, 0.717) is 5.69 Å². The molecule has 1 atom stereocenters. The second-order valence-electron chi connectivity index (χ2n) is 6.91. The van der Waals surface area contributed by atoms with Crippen molar-refractivity contribution < 1.29 is 4.79 Å². The number of carbonyl (C=O) groups is 1. The zero-order chi connectivity index (χ0) is 19.1. The average molecular weight is 382 g/mol. The summed E-state index contributed by atoms with van der Waals surface area (Å²) in [7, 11) is 0. The van der Waals surface area contributed by atoms with Gasteiger partial charge in [-0.25, -0.2) is 4.98 Å². The molecule has 1 unspecified atom stereocenters. The molecule has 2 N–H and O–H groups in total. The Morgan fingerprint density at radius 2 is 1.93 bits per heavy atom. The van der Waals surface area contributed by atoms with Crippen molar-refractivity contribution in [2.24, 2.45) is 0 Å². The number of hydrogen-bond acceptors (Lipinski definition) is 4. The first-order valence-electron chi connectivity index (χ1n) is 9.68. The number of rotatable bonds is 9. The predicted molar refractivity (Wildman–Crippen MR) is 115 cm³/mol. The number of aromatic nitrogens is 1. The van der Waals surface area contributed by atoms with Gasteiger partial charge in [-0.3, -0.25) is 4.79 Å². The molecule has 0 fully saturated rings. The van der Waals surface area contributed by atoms with Crippen molar-refractivity contribution in [3.05, 3.63) is 53.5 Å². The summed E-state index contributed by atoms with van der Waals surface area (Å²) in [6, 6.07) is 14.5. The first kappa shape index (κ1) is 19.4. The van der Waals surface area contributed by atoms with E-state index in [1.165, 1.54) is 36.0 Å². The number of nitrogens with one attached hydrogen (secondary N) is 2. The molecule has 3 aromatic rings. The number of fused-ring (bicyclic) bond motifs is 1. The minimum absolute atomic E-state index is 0.0970. The van der Waals surface area contributed by atoms with Gasteiger partial charge in [-0.15, -0.1) is 11.3 Å². The molecule has 5 heteroatoms. The maximum Gasteiger partial charge on any atom is 0.271 e. The molecule has 0 saturated carbocycles. The molecule has 27 heavy (non-hydrogen) atoms. The maximum absolute atomic E-state index is 12.4. The van der Waals surface area contributed by atoms with Crippen molar-refractivity contribution in [1.82, 2.24) is 10.3 Å². The van der Waals surface area contributed by atoms with Crippen LogP contribution in [0.3, 0.4) is 0 Å². The molecule has 2 aromatic carbocycles. The number of hydrogen-bond donors (Lipinski definition) is 2. The van der Waals surface area contributed by atoms with E-state index >= 15 is 0 Å². The Labute approximate surface area is 165 Å². The van der Waals surface area contributed by atoms with Crippen molar-refractivity contribution in [2.75, 3.05) is 5.32 Å². The molecule has 0 aliphatic rings. The van der Waals surface area contributed by atoms with E-state index in [4.69, 9.17) is 0 Å². The van der Waals surface area contributed by atoms with Gasteiger partial charge in [0.1, 0.15) is 5.69 Å². The summed E-state index contributed by atoms with van der Waals surface area (Å²) in [4.78, 5) is 16.9. The molecule has 0 spiro atoms. The molecule has 142 valence electrons. The van der Waals surface area contributed by atoms with Gasteiger partial charge in [-0.05, 0) is 24.8 Å². The predicted octanol–water partition coefficient (Wildman–Crippen LogP) is 6.13. The van der Waals surface area contributed by atoms with E-state index in [1.807, 2.05) is 29.6 Å². The Kier molecular flexibility index (Phi) is 6.82. The highest BCUT2D eigenvalue weighted by Gasteiger charge is 2.14. The molecular formula is C22H27N3OS. The molecule has 0 aliphatic carbocycles. The standard InChI is InChI=1S/C22H27N3OS/c1-3-4-5-6-10-16(2)23-21(26)20-15-27-22(25-20)24-19-14-9-12-17-11-7-8-13-18(17)19/h7-9,11-16H,3-6,10H2,1-2H3,(H,23,26)(H,24,25). The van der Waals surface area contributed by atoms with Crippen LogP contribution in [0.5, 0.6) is 0 Å². The molecule has 1 heterocycles. The van der Waals surface area contributed by atoms with E-state index in [9.17, 15) is 4.79 Å². The van der Waals surface area contributed by atoms with E-state index in [-0.39, 0.29) is 11.9 Å². The summed E-state index contributed by atoms with van der Waals surface area (Å²) in [6.07, 6.45) is 5.88. The van der Waals surface area contributed by atoms with Gasteiger partial charge in [0, 0.05) is 22.5 Å². The number of nitrogens with zero attached hydrogens (tertiary/aromatic N) is 1. The summed E-state index contributed by atoms with van der Waals surface area (Å²) in [5.74, 6) is -0.0970. The highest BCUT2D eigenvalue weighted by molar-refractivity contribution is 7.14. The lowest BCUT2D eigenvalue weighted by molar-refractivity contribution is 0.0933. The van der Waals surface area contributed by atoms with Crippen LogP contribution in [0.25, 0.3) is 10.8 Å². The van der Waals surface area contributed by atoms with Crippen LogP contribution in [0.1, 0.15) is 56.4 Å². The van der Waals surface area contributed by atoms with Crippen molar-refractivity contribution in [3.63, 3.8) is 0 Å². The van der Waals surface area contributed by atoms with Crippen LogP contribution in [0.4, 0.5) is 10.8 Å².